The molecule has 1 saturated carbocycles. The first-order chi connectivity index (χ1) is 11.6. The molecule has 3 rings (SSSR count). The van der Waals surface area contributed by atoms with Gasteiger partial charge in [-0.1, -0.05) is 0 Å². The van der Waals surface area contributed by atoms with Crippen LogP contribution in [0.15, 0.2) is 18.2 Å². The van der Waals surface area contributed by atoms with Gasteiger partial charge in [-0.25, -0.2) is 0 Å². The van der Waals surface area contributed by atoms with E-state index in [0.717, 1.165) is 24.9 Å². The molecule has 128 valence electrons. The molecule has 1 aromatic rings. The van der Waals surface area contributed by atoms with Gasteiger partial charge in [-0.05, 0) is 43.7 Å². The monoisotopic (exact) mass is 329 g/mol. The van der Waals surface area contributed by atoms with Gasteiger partial charge in [0, 0.05) is 24.3 Å². The Morgan fingerprint density at radius 3 is 3.00 bits per heavy atom. The van der Waals surface area contributed by atoms with Crippen molar-refractivity contribution in [2.45, 2.75) is 37.8 Å². The molecule has 0 spiro atoms. The van der Waals surface area contributed by atoms with Crippen LogP contribution in [-0.2, 0) is 4.79 Å². The summed E-state index contributed by atoms with van der Waals surface area (Å²) in [5, 5.41) is 25.1. The number of benzene rings is 1. The number of piperidine rings is 1. The van der Waals surface area contributed by atoms with E-state index in [-0.39, 0.29) is 24.0 Å². The van der Waals surface area contributed by atoms with Crippen molar-refractivity contribution in [1.29, 1.82) is 5.26 Å². The van der Waals surface area contributed by atoms with Crippen LogP contribution in [0.3, 0.4) is 0 Å². The van der Waals surface area contributed by atoms with Crippen molar-refractivity contribution in [3.05, 3.63) is 23.8 Å². The molecule has 24 heavy (non-hydrogen) atoms. The minimum atomic E-state index is -0.285. The molecule has 6 heteroatoms. The van der Waals surface area contributed by atoms with E-state index < -0.39 is 0 Å². The average Bonchev–Trinajstić information content (AvgIpc) is 2.59. The first-order valence-electron chi connectivity index (χ1n) is 8.41. The Labute approximate surface area is 141 Å². The SMILES string of the molecule is COc1cc(NCC2CC3CCC(O)CC3NC2=O)ccc1C#N. The van der Waals surface area contributed by atoms with Crippen molar-refractivity contribution in [2.24, 2.45) is 11.8 Å². The lowest BCUT2D eigenvalue weighted by atomic mass is 9.75. The molecule has 4 atom stereocenters. The van der Waals surface area contributed by atoms with Crippen molar-refractivity contribution in [2.75, 3.05) is 19.0 Å². The quantitative estimate of drug-likeness (QED) is 0.781. The Balaban J connectivity index is 1.61. The van der Waals surface area contributed by atoms with Gasteiger partial charge < -0.3 is 20.5 Å². The van der Waals surface area contributed by atoms with Gasteiger partial charge in [0.25, 0.3) is 0 Å². The van der Waals surface area contributed by atoms with Gasteiger partial charge in [-0.3, -0.25) is 4.79 Å². The molecule has 1 saturated heterocycles. The van der Waals surface area contributed by atoms with Crippen molar-refractivity contribution < 1.29 is 14.6 Å². The first kappa shape index (κ1) is 16.6. The lowest BCUT2D eigenvalue weighted by Gasteiger charge is -2.41. The molecule has 1 amide bonds. The topological polar surface area (TPSA) is 94.4 Å². The van der Waals surface area contributed by atoms with Gasteiger partial charge in [0.15, 0.2) is 0 Å². The third kappa shape index (κ3) is 3.46. The van der Waals surface area contributed by atoms with E-state index >= 15 is 0 Å². The van der Waals surface area contributed by atoms with Crippen LogP contribution >= 0.6 is 0 Å². The largest absolute Gasteiger partial charge is 0.495 e. The van der Waals surface area contributed by atoms with Crippen molar-refractivity contribution >= 4 is 11.6 Å². The van der Waals surface area contributed by atoms with Crippen LogP contribution in [0.1, 0.15) is 31.2 Å². The maximum Gasteiger partial charge on any atom is 0.225 e. The van der Waals surface area contributed by atoms with Gasteiger partial charge in [0.2, 0.25) is 5.91 Å². The second-order valence-corrected chi connectivity index (χ2v) is 6.68. The fraction of sp³-hybridized carbons (Fsp3) is 0.556. The minimum Gasteiger partial charge on any atom is -0.495 e. The van der Waals surface area contributed by atoms with Gasteiger partial charge in [-0.2, -0.15) is 5.26 Å². The number of nitrogens with zero attached hydrogens (tertiary/aromatic N) is 1. The lowest BCUT2D eigenvalue weighted by Crippen LogP contribution is -2.53. The van der Waals surface area contributed by atoms with E-state index in [4.69, 9.17) is 10.00 Å². The maximum absolute atomic E-state index is 12.3. The molecule has 1 aliphatic carbocycles. The normalized spacial score (nSPS) is 29.1. The third-order valence-electron chi connectivity index (χ3n) is 5.13. The van der Waals surface area contributed by atoms with Crippen LogP contribution in [0.4, 0.5) is 5.69 Å². The second kappa shape index (κ2) is 7.10. The van der Waals surface area contributed by atoms with E-state index in [1.807, 2.05) is 6.07 Å². The van der Waals surface area contributed by atoms with Gasteiger partial charge in [-0.15, -0.1) is 0 Å². The summed E-state index contributed by atoms with van der Waals surface area (Å²) in [7, 11) is 1.53. The Morgan fingerprint density at radius 1 is 1.42 bits per heavy atom. The lowest BCUT2D eigenvalue weighted by molar-refractivity contribution is -0.130. The zero-order valence-corrected chi connectivity index (χ0v) is 13.8. The first-order valence-corrected chi connectivity index (χ1v) is 8.41. The molecule has 6 nitrogen and oxygen atoms in total. The van der Waals surface area contributed by atoms with Crippen molar-refractivity contribution in [1.82, 2.24) is 5.32 Å². The van der Waals surface area contributed by atoms with Gasteiger partial charge >= 0.3 is 0 Å². The Morgan fingerprint density at radius 2 is 2.25 bits per heavy atom. The number of hydrogen-bond acceptors (Lipinski definition) is 5. The second-order valence-electron chi connectivity index (χ2n) is 6.68. The van der Waals surface area contributed by atoms with Crippen molar-refractivity contribution in [3.8, 4) is 11.8 Å². The van der Waals surface area contributed by atoms with Crippen LogP contribution in [-0.4, -0.2) is 36.8 Å². The number of ether oxygens (including phenoxy) is 1. The number of aliphatic hydroxyl groups excluding tert-OH is 1. The fourth-order valence-corrected chi connectivity index (χ4v) is 3.75. The highest BCUT2D eigenvalue weighted by molar-refractivity contribution is 5.80. The minimum absolute atomic E-state index is 0.0541. The van der Waals surface area contributed by atoms with E-state index in [9.17, 15) is 9.90 Å². The van der Waals surface area contributed by atoms with Crippen LogP contribution in [0.25, 0.3) is 0 Å². The fourth-order valence-electron chi connectivity index (χ4n) is 3.75. The standard InChI is InChI=1S/C18H23N3O3/c1-24-17-7-14(4-2-12(17)9-19)20-10-13-6-11-3-5-15(22)8-16(11)21-18(13)23/h2,4,7,11,13,15-16,20,22H,3,5-6,8,10H2,1H3,(H,21,23). The number of hydrogen-bond donors (Lipinski definition) is 3. The molecule has 1 aliphatic heterocycles. The molecule has 4 unspecified atom stereocenters. The number of anilines is 1. The number of aliphatic hydroxyl groups is 1. The number of carbonyl (C=O) groups excluding carboxylic acids is 1. The maximum atomic E-state index is 12.3. The molecule has 0 aromatic heterocycles. The molecule has 3 N–H and O–H groups in total. The molecular weight excluding hydrogens is 306 g/mol. The number of rotatable bonds is 4. The highest BCUT2D eigenvalue weighted by atomic mass is 16.5. The van der Waals surface area contributed by atoms with E-state index in [1.165, 1.54) is 7.11 Å². The molecule has 2 fully saturated rings. The molecule has 1 heterocycles. The highest BCUT2D eigenvalue weighted by Gasteiger charge is 2.38. The summed E-state index contributed by atoms with van der Waals surface area (Å²) in [6.07, 6.45) is 3.02. The number of methoxy groups -OCH3 is 1. The highest BCUT2D eigenvalue weighted by Crippen LogP contribution is 2.33. The Hall–Kier alpha value is -2.26. The summed E-state index contributed by atoms with van der Waals surface area (Å²) >= 11 is 0. The number of fused-ring (bicyclic) bond motifs is 1. The summed E-state index contributed by atoms with van der Waals surface area (Å²) < 4.78 is 5.21. The molecule has 2 aliphatic rings. The zero-order chi connectivity index (χ0) is 17.1. The summed E-state index contributed by atoms with van der Waals surface area (Å²) in [4.78, 5) is 12.3. The summed E-state index contributed by atoms with van der Waals surface area (Å²) in [6.45, 7) is 0.548. The van der Waals surface area contributed by atoms with E-state index in [1.54, 1.807) is 12.1 Å². The van der Waals surface area contributed by atoms with Gasteiger partial charge in [0.05, 0.1) is 24.7 Å². The summed E-state index contributed by atoms with van der Waals surface area (Å²) in [5.74, 6) is 0.951. The third-order valence-corrected chi connectivity index (χ3v) is 5.13. The molecular formula is C18H23N3O3. The van der Waals surface area contributed by atoms with Crippen LogP contribution < -0.4 is 15.4 Å². The Bertz CT molecular complexity index is 655. The average molecular weight is 329 g/mol. The van der Waals surface area contributed by atoms with Gasteiger partial charge in [0.1, 0.15) is 11.8 Å². The zero-order valence-electron chi connectivity index (χ0n) is 13.8. The summed E-state index contributed by atoms with van der Waals surface area (Å²) in [5.41, 5.74) is 1.32. The molecule has 0 radical (unpaired) electrons. The Kier molecular flexibility index (Phi) is 4.91. The summed E-state index contributed by atoms with van der Waals surface area (Å²) in [6, 6.07) is 7.51. The van der Waals surface area contributed by atoms with Crippen LogP contribution in [0.5, 0.6) is 5.75 Å². The van der Waals surface area contributed by atoms with Crippen LogP contribution in [0, 0.1) is 23.2 Å². The molecule has 0 bridgehead atoms. The number of nitrogens with one attached hydrogen (secondary N) is 2. The smallest absolute Gasteiger partial charge is 0.225 e. The van der Waals surface area contributed by atoms with Crippen molar-refractivity contribution in [3.63, 3.8) is 0 Å². The predicted octanol–water partition coefficient (Wildman–Crippen LogP) is 1.64. The number of nitriles is 1. The predicted molar refractivity (Wildman–Crippen MR) is 89.6 cm³/mol. The molecule has 1 aromatic carbocycles. The van der Waals surface area contributed by atoms with E-state index in [0.29, 0.717) is 30.2 Å². The number of amides is 1. The number of carbonyl (C=O) groups is 1. The van der Waals surface area contributed by atoms with Crippen LogP contribution in [0.2, 0.25) is 0 Å². The van der Waals surface area contributed by atoms with E-state index in [2.05, 4.69) is 16.7 Å².